The summed E-state index contributed by atoms with van der Waals surface area (Å²) in [4.78, 5) is 13.9. The quantitative estimate of drug-likeness (QED) is 0.895. The van der Waals surface area contributed by atoms with E-state index < -0.39 is 0 Å². The van der Waals surface area contributed by atoms with Gasteiger partial charge in [0.25, 0.3) is 0 Å². The summed E-state index contributed by atoms with van der Waals surface area (Å²) in [6, 6.07) is 7.04. The number of benzene rings is 1. The Hall–Kier alpha value is -1.07. The van der Waals surface area contributed by atoms with Crippen LogP contribution in [0.2, 0.25) is 10.0 Å². The van der Waals surface area contributed by atoms with Crippen molar-refractivity contribution >= 4 is 46.1 Å². The first-order valence-electron chi connectivity index (χ1n) is 5.99. The molecule has 1 aromatic heterocycles. The third kappa shape index (κ3) is 4.49. The molecule has 0 saturated heterocycles. The summed E-state index contributed by atoms with van der Waals surface area (Å²) >= 11 is 13.5. The van der Waals surface area contributed by atoms with Crippen molar-refractivity contribution < 1.29 is 4.79 Å². The molecule has 0 saturated carbocycles. The lowest BCUT2D eigenvalue weighted by Crippen LogP contribution is -2.29. The molecule has 0 fully saturated rings. The number of rotatable bonds is 5. The fourth-order valence-corrected chi connectivity index (χ4v) is 2.89. The van der Waals surface area contributed by atoms with Crippen LogP contribution in [0.5, 0.6) is 0 Å². The number of likely N-dealkylation sites (N-methyl/N-ethyl adjacent to an activating group) is 1. The number of halogens is 2. The summed E-state index contributed by atoms with van der Waals surface area (Å²) in [6.45, 7) is 1.04. The molecule has 2 rings (SSSR count). The topological polar surface area (TPSA) is 32.3 Å². The van der Waals surface area contributed by atoms with Gasteiger partial charge in [0, 0.05) is 11.6 Å². The molecule has 2 aromatic rings. The molecule has 20 heavy (non-hydrogen) atoms. The fourth-order valence-electron chi connectivity index (χ4n) is 1.78. The van der Waals surface area contributed by atoms with Crippen LogP contribution in [0.15, 0.2) is 35.0 Å². The molecule has 0 bridgehead atoms. The van der Waals surface area contributed by atoms with Gasteiger partial charge in [-0.25, -0.2) is 0 Å². The van der Waals surface area contributed by atoms with Gasteiger partial charge in [0.1, 0.15) is 0 Å². The summed E-state index contributed by atoms with van der Waals surface area (Å²) < 4.78 is 0. The third-order valence-corrected chi connectivity index (χ3v) is 3.93. The Kier molecular flexibility index (Phi) is 5.43. The van der Waals surface area contributed by atoms with Gasteiger partial charge in [0.05, 0.1) is 17.3 Å². The van der Waals surface area contributed by atoms with E-state index in [-0.39, 0.29) is 5.91 Å². The Bertz CT molecular complexity index is 587. The van der Waals surface area contributed by atoms with Crippen LogP contribution in [0, 0.1) is 0 Å². The number of thiophene rings is 1. The van der Waals surface area contributed by atoms with Gasteiger partial charge < -0.3 is 5.32 Å². The Balaban J connectivity index is 1.88. The molecule has 6 heteroatoms. The van der Waals surface area contributed by atoms with E-state index in [1.54, 1.807) is 29.5 Å². The molecule has 1 heterocycles. The number of amides is 1. The predicted octanol–water partition coefficient (Wildman–Crippen LogP) is 4.13. The number of carbonyl (C=O) groups excluding carboxylic acids is 1. The molecule has 1 aromatic carbocycles. The fraction of sp³-hybridized carbons (Fsp3) is 0.214. The SMILES string of the molecule is CN(CC(=O)Nc1ccc(Cl)cc1Cl)Cc1ccsc1. The minimum atomic E-state index is -0.105. The molecule has 106 valence electrons. The lowest BCUT2D eigenvalue weighted by atomic mass is 10.3. The van der Waals surface area contributed by atoms with E-state index in [0.717, 1.165) is 6.54 Å². The van der Waals surface area contributed by atoms with Crippen molar-refractivity contribution in [3.63, 3.8) is 0 Å². The van der Waals surface area contributed by atoms with Crippen molar-refractivity contribution in [2.45, 2.75) is 6.54 Å². The highest BCUT2D eigenvalue weighted by Gasteiger charge is 2.09. The van der Waals surface area contributed by atoms with Crippen molar-refractivity contribution in [3.05, 3.63) is 50.6 Å². The van der Waals surface area contributed by atoms with Gasteiger partial charge in [0.2, 0.25) is 5.91 Å². The normalized spacial score (nSPS) is 10.8. The zero-order valence-electron chi connectivity index (χ0n) is 10.9. The zero-order chi connectivity index (χ0) is 14.5. The van der Waals surface area contributed by atoms with Crippen molar-refractivity contribution in [2.75, 3.05) is 18.9 Å². The summed E-state index contributed by atoms with van der Waals surface area (Å²) in [6.07, 6.45) is 0. The second-order valence-electron chi connectivity index (χ2n) is 4.48. The Morgan fingerprint density at radius 1 is 1.35 bits per heavy atom. The Morgan fingerprint density at radius 2 is 2.15 bits per heavy atom. The van der Waals surface area contributed by atoms with E-state index in [9.17, 15) is 4.79 Å². The molecule has 0 aliphatic carbocycles. The molecule has 1 N–H and O–H groups in total. The molecule has 1 amide bonds. The first-order chi connectivity index (χ1) is 9.54. The minimum absolute atomic E-state index is 0.105. The molecular weight excluding hydrogens is 315 g/mol. The summed E-state index contributed by atoms with van der Waals surface area (Å²) in [5.41, 5.74) is 1.78. The lowest BCUT2D eigenvalue weighted by Gasteiger charge is -2.16. The number of nitrogens with one attached hydrogen (secondary N) is 1. The van der Waals surface area contributed by atoms with Crippen LogP contribution in [0.3, 0.4) is 0 Å². The maximum atomic E-state index is 11.9. The van der Waals surface area contributed by atoms with E-state index in [4.69, 9.17) is 23.2 Å². The van der Waals surface area contributed by atoms with Crippen LogP contribution in [0.1, 0.15) is 5.56 Å². The van der Waals surface area contributed by atoms with Crippen molar-refractivity contribution in [3.8, 4) is 0 Å². The number of hydrogen-bond acceptors (Lipinski definition) is 3. The highest BCUT2D eigenvalue weighted by Crippen LogP contribution is 2.25. The number of anilines is 1. The molecule has 0 aliphatic heterocycles. The van der Waals surface area contributed by atoms with Gasteiger partial charge in [-0.1, -0.05) is 23.2 Å². The zero-order valence-corrected chi connectivity index (χ0v) is 13.2. The van der Waals surface area contributed by atoms with Gasteiger partial charge in [-0.15, -0.1) is 0 Å². The highest BCUT2D eigenvalue weighted by molar-refractivity contribution is 7.07. The average molecular weight is 329 g/mol. The van der Waals surface area contributed by atoms with Crippen LogP contribution in [-0.4, -0.2) is 24.4 Å². The van der Waals surface area contributed by atoms with Gasteiger partial charge in [-0.2, -0.15) is 11.3 Å². The number of nitrogens with zero attached hydrogens (tertiary/aromatic N) is 1. The third-order valence-electron chi connectivity index (χ3n) is 2.65. The minimum Gasteiger partial charge on any atom is -0.324 e. The van der Waals surface area contributed by atoms with Crippen LogP contribution < -0.4 is 5.32 Å². The van der Waals surface area contributed by atoms with Crippen LogP contribution in [0.4, 0.5) is 5.69 Å². The van der Waals surface area contributed by atoms with Crippen LogP contribution in [0.25, 0.3) is 0 Å². The number of hydrogen-bond donors (Lipinski definition) is 1. The average Bonchev–Trinajstić information content (AvgIpc) is 2.85. The second-order valence-corrected chi connectivity index (χ2v) is 6.10. The molecule has 3 nitrogen and oxygen atoms in total. The number of carbonyl (C=O) groups is 1. The van der Waals surface area contributed by atoms with E-state index in [2.05, 4.69) is 16.8 Å². The van der Waals surface area contributed by atoms with E-state index in [1.807, 2.05) is 17.3 Å². The maximum absolute atomic E-state index is 11.9. The summed E-state index contributed by atoms with van der Waals surface area (Å²) in [7, 11) is 1.90. The van der Waals surface area contributed by atoms with Crippen LogP contribution >= 0.6 is 34.5 Å². The summed E-state index contributed by atoms with van der Waals surface area (Å²) in [5.74, 6) is -0.105. The second kappa shape index (κ2) is 7.09. The highest BCUT2D eigenvalue weighted by atomic mass is 35.5. The van der Waals surface area contributed by atoms with Crippen molar-refractivity contribution in [2.24, 2.45) is 0 Å². The van der Waals surface area contributed by atoms with Crippen LogP contribution in [-0.2, 0) is 11.3 Å². The van der Waals surface area contributed by atoms with E-state index in [0.29, 0.717) is 22.3 Å². The Labute approximate surface area is 132 Å². The molecule has 0 aliphatic rings. The first kappa shape index (κ1) is 15.3. The smallest absolute Gasteiger partial charge is 0.238 e. The monoisotopic (exact) mass is 328 g/mol. The van der Waals surface area contributed by atoms with Crippen molar-refractivity contribution in [1.29, 1.82) is 0 Å². The predicted molar refractivity (Wildman–Crippen MR) is 85.7 cm³/mol. The Morgan fingerprint density at radius 3 is 2.80 bits per heavy atom. The van der Waals surface area contributed by atoms with Gasteiger partial charge >= 0.3 is 0 Å². The van der Waals surface area contributed by atoms with E-state index in [1.165, 1.54) is 5.56 Å². The van der Waals surface area contributed by atoms with Gasteiger partial charge in [0.15, 0.2) is 0 Å². The maximum Gasteiger partial charge on any atom is 0.238 e. The largest absolute Gasteiger partial charge is 0.324 e. The molecule has 0 atom stereocenters. The first-order valence-corrected chi connectivity index (χ1v) is 7.69. The lowest BCUT2D eigenvalue weighted by molar-refractivity contribution is -0.117. The standard InChI is InChI=1S/C14H14Cl2N2OS/c1-18(7-10-4-5-20-9-10)8-14(19)17-13-3-2-11(15)6-12(13)16/h2-6,9H,7-8H2,1H3,(H,17,19). The van der Waals surface area contributed by atoms with Crippen molar-refractivity contribution in [1.82, 2.24) is 4.90 Å². The van der Waals surface area contributed by atoms with E-state index >= 15 is 0 Å². The van der Waals surface area contributed by atoms with Gasteiger partial charge in [-0.05, 0) is 47.6 Å². The molecular formula is C14H14Cl2N2OS. The molecule has 0 unspecified atom stereocenters. The van der Waals surface area contributed by atoms with Gasteiger partial charge in [-0.3, -0.25) is 9.69 Å². The molecule has 0 spiro atoms. The molecule has 0 radical (unpaired) electrons. The summed E-state index contributed by atoms with van der Waals surface area (Å²) in [5, 5.41) is 7.86.